The van der Waals surface area contributed by atoms with Crippen LogP contribution in [0.3, 0.4) is 0 Å². The molecule has 0 bridgehead atoms. The Balaban J connectivity index is 1.47. The molecule has 3 atom stereocenters. The van der Waals surface area contributed by atoms with Gasteiger partial charge in [-0.05, 0) is 56.5 Å². The summed E-state index contributed by atoms with van der Waals surface area (Å²) in [5, 5.41) is 9.98. The lowest BCUT2D eigenvalue weighted by atomic mass is 9.74. The number of benzene rings is 1. The maximum absolute atomic E-state index is 12.7. The van der Waals surface area contributed by atoms with Crippen molar-refractivity contribution in [1.82, 2.24) is 9.80 Å². The molecule has 3 nitrogen and oxygen atoms in total. The molecule has 1 saturated carbocycles. The van der Waals surface area contributed by atoms with Crippen molar-refractivity contribution >= 4 is 0 Å². The van der Waals surface area contributed by atoms with Crippen molar-refractivity contribution in [2.75, 3.05) is 32.8 Å². The summed E-state index contributed by atoms with van der Waals surface area (Å²) in [6.07, 6.45) is -0.619. The van der Waals surface area contributed by atoms with E-state index in [-0.39, 0.29) is 31.2 Å². The first-order chi connectivity index (χ1) is 13.9. The summed E-state index contributed by atoms with van der Waals surface area (Å²) in [5.74, 6) is 7.20. The summed E-state index contributed by atoms with van der Waals surface area (Å²) in [4.78, 5) is 4.26. The van der Waals surface area contributed by atoms with Gasteiger partial charge in [0, 0.05) is 42.6 Å². The molecule has 0 radical (unpaired) electrons. The number of alkyl halides is 3. The number of hydrogen-bond donors (Lipinski definition) is 1. The van der Waals surface area contributed by atoms with Gasteiger partial charge in [-0.15, -0.1) is 0 Å². The first-order valence-corrected chi connectivity index (χ1v) is 10.7. The Morgan fingerprint density at radius 2 is 1.79 bits per heavy atom. The number of nitrogens with zero attached hydrogens (tertiary/aromatic N) is 2. The fourth-order valence-corrected chi connectivity index (χ4v) is 4.70. The zero-order valence-electron chi connectivity index (χ0n) is 16.7. The molecule has 1 aromatic carbocycles. The smallest absolute Gasteiger partial charge is 0.390 e. The molecule has 0 unspecified atom stereocenters. The van der Waals surface area contributed by atoms with Gasteiger partial charge in [-0.2, -0.15) is 13.2 Å². The molecular weight excluding hydrogens is 377 g/mol. The highest BCUT2D eigenvalue weighted by molar-refractivity contribution is 5.39. The topological polar surface area (TPSA) is 26.7 Å². The van der Waals surface area contributed by atoms with Gasteiger partial charge in [0.05, 0.1) is 13.0 Å². The summed E-state index contributed by atoms with van der Waals surface area (Å²) in [5.41, 5.74) is 2.15. The molecule has 1 aromatic rings. The van der Waals surface area contributed by atoms with Gasteiger partial charge in [0.1, 0.15) is 0 Å². The Labute approximate surface area is 170 Å². The molecule has 6 heteroatoms. The number of rotatable bonds is 4. The number of aliphatic hydroxyl groups is 1. The van der Waals surface area contributed by atoms with Crippen molar-refractivity contribution in [2.24, 2.45) is 5.92 Å². The third kappa shape index (κ3) is 5.14. The second-order valence-corrected chi connectivity index (χ2v) is 8.62. The predicted molar refractivity (Wildman–Crippen MR) is 106 cm³/mol. The van der Waals surface area contributed by atoms with Gasteiger partial charge in [-0.3, -0.25) is 4.90 Å². The minimum Gasteiger partial charge on any atom is -0.395 e. The number of aliphatic hydroxyl groups excluding tert-OH is 1. The van der Waals surface area contributed by atoms with E-state index in [0.717, 1.165) is 30.5 Å². The van der Waals surface area contributed by atoms with Crippen molar-refractivity contribution in [2.45, 2.75) is 56.3 Å². The van der Waals surface area contributed by atoms with Gasteiger partial charge in [0.15, 0.2) is 0 Å². The van der Waals surface area contributed by atoms with Crippen molar-refractivity contribution in [3.63, 3.8) is 0 Å². The largest absolute Gasteiger partial charge is 0.395 e. The van der Waals surface area contributed by atoms with Gasteiger partial charge in [0.2, 0.25) is 0 Å². The lowest BCUT2D eigenvalue weighted by Crippen LogP contribution is -2.67. The van der Waals surface area contributed by atoms with Crippen LogP contribution in [0.15, 0.2) is 24.3 Å². The average molecular weight is 406 g/mol. The Hall–Kier alpha value is -1.55. The van der Waals surface area contributed by atoms with Crippen molar-refractivity contribution in [3.8, 4) is 11.8 Å². The maximum atomic E-state index is 12.7. The first kappa shape index (κ1) is 20.7. The summed E-state index contributed by atoms with van der Waals surface area (Å²) in [6, 6.07) is 8.44. The van der Waals surface area contributed by atoms with Gasteiger partial charge >= 0.3 is 6.18 Å². The van der Waals surface area contributed by atoms with Crippen LogP contribution >= 0.6 is 0 Å². The van der Waals surface area contributed by atoms with Crippen LogP contribution in [0, 0.1) is 17.8 Å². The van der Waals surface area contributed by atoms with Gasteiger partial charge in [-0.1, -0.05) is 24.0 Å². The second-order valence-electron chi connectivity index (χ2n) is 8.62. The molecule has 3 fully saturated rings. The summed E-state index contributed by atoms with van der Waals surface area (Å²) in [6.45, 7) is 2.38. The second kappa shape index (κ2) is 8.67. The minimum absolute atomic E-state index is 0.0472. The molecule has 2 heterocycles. The quantitative estimate of drug-likeness (QED) is 0.774. The lowest BCUT2D eigenvalue weighted by Gasteiger charge is -2.57. The van der Waals surface area contributed by atoms with E-state index in [1.807, 2.05) is 17.0 Å². The maximum Gasteiger partial charge on any atom is 0.390 e. The van der Waals surface area contributed by atoms with Gasteiger partial charge < -0.3 is 10.0 Å². The van der Waals surface area contributed by atoms with Crippen molar-refractivity contribution in [1.29, 1.82) is 0 Å². The zero-order valence-corrected chi connectivity index (χ0v) is 16.7. The Morgan fingerprint density at radius 3 is 2.45 bits per heavy atom. The Bertz CT molecular complexity index is 748. The molecule has 4 rings (SSSR count). The number of fused-ring (bicyclic) bond motifs is 1. The van der Waals surface area contributed by atoms with E-state index in [2.05, 4.69) is 28.9 Å². The summed E-state index contributed by atoms with van der Waals surface area (Å²) >= 11 is 0. The van der Waals surface area contributed by atoms with Crippen LogP contribution < -0.4 is 0 Å². The third-order valence-corrected chi connectivity index (χ3v) is 6.46. The summed E-state index contributed by atoms with van der Waals surface area (Å²) in [7, 11) is 0. The molecule has 2 aliphatic heterocycles. The molecule has 0 spiro atoms. The van der Waals surface area contributed by atoms with Crippen LogP contribution in [-0.2, 0) is 0 Å². The molecular formula is C23H29F3N2O. The fourth-order valence-electron chi connectivity index (χ4n) is 4.70. The highest BCUT2D eigenvalue weighted by Crippen LogP contribution is 2.42. The minimum atomic E-state index is -4.12. The van der Waals surface area contributed by atoms with Gasteiger partial charge in [0.25, 0.3) is 0 Å². The monoisotopic (exact) mass is 406 g/mol. The van der Waals surface area contributed by atoms with E-state index < -0.39 is 12.6 Å². The van der Waals surface area contributed by atoms with Crippen LogP contribution in [0.1, 0.15) is 49.1 Å². The van der Waals surface area contributed by atoms with E-state index in [1.165, 1.54) is 12.8 Å². The van der Waals surface area contributed by atoms with E-state index in [9.17, 15) is 18.3 Å². The third-order valence-electron chi connectivity index (χ3n) is 6.46. The lowest BCUT2D eigenvalue weighted by molar-refractivity contribution is -0.140. The van der Waals surface area contributed by atoms with E-state index in [4.69, 9.17) is 0 Å². The van der Waals surface area contributed by atoms with E-state index >= 15 is 0 Å². The molecule has 29 heavy (non-hydrogen) atoms. The summed E-state index contributed by atoms with van der Waals surface area (Å²) < 4.78 is 38.1. The van der Waals surface area contributed by atoms with Crippen LogP contribution in [0.4, 0.5) is 13.2 Å². The highest BCUT2D eigenvalue weighted by Gasteiger charge is 2.49. The van der Waals surface area contributed by atoms with Gasteiger partial charge in [-0.25, -0.2) is 0 Å². The number of halogens is 3. The predicted octanol–water partition coefficient (Wildman–Crippen LogP) is 3.63. The van der Waals surface area contributed by atoms with Crippen molar-refractivity contribution < 1.29 is 18.3 Å². The van der Waals surface area contributed by atoms with Crippen LogP contribution in [0.5, 0.6) is 0 Å². The standard InChI is InChI=1S/C23H29F3N2O/c24-23(25,26)11-14-27-12-1-2-13-28-20(15-27)22(21(28)16-29)19-9-7-18(8-10-19)6-5-17-3-4-17/h7-10,17,20-22,29H,1-4,11-16H2/t20-,21-,22-/m0/s1. The molecule has 1 aliphatic carbocycles. The first-order valence-electron chi connectivity index (χ1n) is 10.7. The van der Waals surface area contributed by atoms with E-state index in [0.29, 0.717) is 19.0 Å². The molecule has 2 saturated heterocycles. The Kier molecular flexibility index (Phi) is 6.19. The van der Waals surface area contributed by atoms with Crippen molar-refractivity contribution in [3.05, 3.63) is 35.4 Å². The molecule has 0 aromatic heterocycles. The molecule has 3 aliphatic rings. The zero-order chi connectivity index (χ0) is 20.4. The number of hydrogen-bond acceptors (Lipinski definition) is 3. The van der Waals surface area contributed by atoms with Crippen LogP contribution in [0.25, 0.3) is 0 Å². The normalized spacial score (nSPS) is 28.5. The highest BCUT2D eigenvalue weighted by atomic mass is 19.4. The SMILES string of the molecule is OC[C@H]1[C@@H](c2ccc(C#CC3CC3)cc2)[C@@H]2CN(CCC(F)(F)F)CCCCN12. The average Bonchev–Trinajstić information content (AvgIpc) is 3.49. The van der Waals surface area contributed by atoms with E-state index in [1.54, 1.807) is 0 Å². The molecule has 0 amide bonds. The molecule has 158 valence electrons. The Morgan fingerprint density at radius 1 is 1.07 bits per heavy atom. The molecule has 1 N–H and O–H groups in total. The van der Waals surface area contributed by atoms with Crippen LogP contribution in [-0.4, -0.2) is 66.0 Å². The fraction of sp³-hybridized carbons (Fsp3) is 0.652. The van der Waals surface area contributed by atoms with Crippen LogP contribution in [0.2, 0.25) is 0 Å².